The standard InChI is InChI=1S/C11H16N4O/c12-11(16)8-1-4-10(15-7-8)14-6-5-13-9-2-3-9/h1,4,7,9,13H,2-3,5-6H2,(H2,12,16)(H,14,15). The Kier molecular flexibility index (Phi) is 3.36. The van der Waals surface area contributed by atoms with Gasteiger partial charge in [-0.15, -0.1) is 0 Å². The number of nitrogens with two attached hydrogens (primary N) is 1. The summed E-state index contributed by atoms with van der Waals surface area (Å²) < 4.78 is 0. The van der Waals surface area contributed by atoms with Crippen LogP contribution in [0.15, 0.2) is 18.3 Å². The minimum absolute atomic E-state index is 0.432. The summed E-state index contributed by atoms with van der Waals surface area (Å²) >= 11 is 0. The van der Waals surface area contributed by atoms with Gasteiger partial charge in [-0.1, -0.05) is 0 Å². The number of amides is 1. The van der Waals surface area contributed by atoms with Crippen LogP contribution in [0.2, 0.25) is 0 Å². The second-order valence-electron chi connectivity index (χ2n) is 3.95. The van der Waals surface area contributed by atoms with Gasteiger partial charge in [-0.2, -0.15) is 0 Å². The van der Waals surface area contributed by atoms with Crippen LogP contribution in [0.3, 0.4) is 0 Å². The van der Waals surface area contributed by atoms with E-state index < -0.39 is 5.91 Å². The normalized spacial score (nSPS) is 14.8. The fraction of sp³-hybridized carbons (Fsp3) is 0.455. The van der Waals surface area contributed by atoms with E-state index in [2.05, 4.69) is 15.6 Å². The third kappa shape index (κ3) is 3.20. The molecule has 1 heterocycles. The molecule has 0 bridgehead atoms. The van der Waals surface area contributed by atoms with Gasteiger partial charge in [-0.05, 0) is 25.0 Å². The first-order valence-electron chi connectivity index (χ1n) is 5.49. The molecule has 1 aromatic rings. The molecule has 0 atom stereocenters. The molecule has 1 amide bonds. The van der Waals surface area contributed by atoms with Crippen LogP contribution >= 0.6 is 0 Å². The average Bonchev–Trinajstić information content (AvgIpc) is 3.09. The van der Waals surface area contributed by atoms with Crippen molar-refractivity contribution in [2.75, 3.05) is 18.4 Å². The van der Waals surface area contributed by atoms with Crippen molar-refractivity contribution in [3.63, 3.8) is 0 Å². The molecule has 5 heteroatoms. The van der Waals surface area contributed by atoms with Crippen LogP contribution in [-0.4, -0.2) is 30.0 Å². The smallest absolute Gasteiger partial charge is 0.250 e. The number of primary amides is 1. The largest absolute Gasteiger partial charge is 0.369 e. The molecule has 16 heavy (non-hydrogen) atoms. The zero-order chi connectivity index (χ0) is 11.4. The fourth-order valence-corrected chi connectivity index (χ4v) is 1.40. The van der Waals surface area contributed by atoms with Gasteiger partial charge in [-0.25, -0.2) is 4.98 Å². The van der Waals surface area contributed by atoms with E-state index in [4.69, 9.17) is 5.73 Å². The molecular formula is C11H16N4O. The maximum Gasteiger partial charge on any atom is 0.250 e. The van der Waals surface area contributed by atoms with E-state index in [-0.39, 0.29) is 0 Å². The van der Waals surface area contributed by atoms with E-state index in [9.17, 15) is 4.79 Å². The molecule has 0 saturated heterocycles. The second kappa shape index (κ2) is 4.94. The Hall–Kier alpha value is -1.62. The van der Waals surface area contributed by atoms with Crippen molar-refractivity contribution in [2.24, 2.45) is 5.73 Å². The summed E-state index contributed by atoms with van der Waals surface area (Å²) in [6.45, 7) is 1.77. The number of anilines is 1. The highest BCUT2D eigenvalue weighted by atomic mass is 16.1. The quantitative estimate of drug-likeness (QED) is 0.604. The van der Waals surface area contributed by atoms with Gasteiger partial charge in [0.25, 0.3) is 0 Å². The zero-order valence-corrected chi connectivity index (χ0v) is 9.07. The molecule has 0 spiro atoms. The lowest BCUT2D eigenvalue weighted by atomic mass is 10.3. The van der Waals surface area contributed by atoms with E-state index in [0.717, 1.165) is 24.9 Å². The predicted molar refractivity (Wildman–Crippen MR) is 62.3 cm³/mol. The molecule has 1 aromatic heterocycles. The Morgan fingerprint density at radius 2 is 2.25 bits per heavy atom. The van der Waals surface area contributed by atoms with Crippen LogP contribution in [0.25, 0.3) is 0 Å². The Morgan fingerprint density at radius 3 is 2.81 bits per heavy atom. The number of nitrogens with zero attached hydrogens (tertiary/aromatic N) is 1. The van der Waals surface area contributed by atoms with Crippen molar-refractivity contribution in [3.8, 4) is 0 Å². The van der Waals surface area contributed by atoms with Crippen LogP contribution in [0, 0.1) is 0 Å². The average molecular weight is 220 g/mol. The zero-order valence-electron chi connectivity index (χ0n) is 9.07. The summed E-state index contributed by atoms with van der Waals surface area (Å²) in [6, 6.07) is 4.16. The lowest BCUT2D eigenvalue weighted by Gasteiger charge is -2.06. The molecule has 1 aliphatic carbocycles. The predicted octanol–water partition coefficient (Wildman–Crippen LogP) is 0.344. The summed E-state index contributed by atoms with van der Waals surface area (Å²) in [6.07, 6.45) is 4.08. The first-order chi connectivity index (χ1) is 7.75. The summed E-state index contributed by atoms with van der Waals surface area (Å²) in [5.74, 6) is 0.317. The van der Waals surface area contributed by atoms with Crippen LogP contribution in [0.4, 0.5) is 5.82 Å². The lowest BCUT2D eigenvalue weighted by Crippen LogP contribution is -2.24. The van der Waals surface area contributed by atoms with Gasteiger partial charge in [0.05, 0.1) is 5.56 Å². The minimum Gasteiger partial charge on any atom is -0.369 e. The van der Waals surface area contributed by atoms with Crippen molar-refractivity contribution in [3.05, 3.63) is 23.9 Å². The van der Waals surface area contributed by atoms with Gasteiger partial charge in [-0.3, -0.25) is 4.79 Å². The number of hydrogen-bond donors (Lipinski definition) is 3. The van der Waals surface area contributed by atoms with Crippen LogP contribution in [-0.2, 0) is 0 Å². The molecular weight excluding hydrogens is 204 g/mol. The van der Waals surface area contributed by atoms with Gasteiger partial charge in [0, 0.05) is 25.3 Å². The topological polar surface area (TPSA) is 80.0 Å². The molecule has 0 aliphatic heterocycles. The molecule has 0 radical (unpaired) electrons. The van der Waals surface area contributed by atoms with Gasteiger partial charge in [0.1, 0.15) is 5.82 Å². The fourth-order valence-electron chi connectivity index (χ4n) is 1.40. The Labute approximate surface area is 94.4 Å². The van der Waals surface area contributed by atoms with Crippen molar-refractivity contribution in [1.82, 2.24) is 10.3 Å². The Bertz CT molecular complexity index is 359. The first kappa shape index (κ1) is 10.9. The summed E-state index contributed by atoms with van der Waals surface area (Å²) in [5, 5.41) is 6.56. The van der Waals surface area contributed by atoms with Crippen molar-refractivity contribution < 1.29 is 4.79 Å². The first-order valence-corrected chi connectivity index (χ1v) is 5.49. The van der Waals surface area contributed by atoms with Crippen molar-refractivity contribution in [2.45, 2.75) is 18.9 Å². The monoisotopic (exact) mass is 220 g/mol. The van der Waals surface area contributed by atoms with Gasteiger partial charge >= 0.3 is 0 Å². The van der Waals surface area contributed by atoms with Gasteiger partial charge < -0.3 is 16.4 Å². The molecule has 0 aromatic carbocycles. The van der Waals surface area contributed by atoms with Crippen molar-refractivity contribution >= 4 is 11.7 Å². The third-order valence-electron chi connectivity index (χ3n) is 2.49. The molecule has 1 fully saturated rings. The summed E-state index contributed by atoms with van der Waals surface area (Å²) in [7, 11) is 0. The number of aromatic nitrogens is 1. The second-order valence-corrected chi connectivity index (χ2v) is 3.95. The summed E-state index contributed by atoms with van der Waals surface area (Å²) in [4.78, 5) is 14.9. The number of pyridine rings is 1. The molecule has 1 saturated carbocycles. The molecule has 0 unspecified atom stereocenters. The Morgan fingerprint density at radius 1 is 1.44 bits per heavy atom. The van der Waals surface area contributed by atoms with E-state index in [1.807, 2.05) is 0 Å². The van der Waals surface area contributed by atoms with Crippen LogP contribution < -0.4 is 16.4 Å². The van der Waals surface area contributed by atoms with Crippen molar-refractivity contribution in [1.29, 1.82) is 0 Å². The lowest BCUT2D eigenvalue weighted by molar-refractivity contribution is 0.1000. The molecule has 5 nitrogen and oxygen atoms in total. The van der Waals surface area contributed by atoms with Gasteiger partial charge in [0.2, 0.25) is 5.91 Å². The minimum atomic E-state index is -0.450. The van der Waals surface area contributed by atoms with E-state index in [1.165, 1.54) is 19.0 Å². The maximum absolute atomic E-state index is 10.8. The molecule has 86 valence electrons. The number of carbonyl (C=O) groups excluding carboxylic acids is 1. The third-order valence-corrected chi connectivity index (χ3v) is 2.49. The molecule has 1 aliphatic rings. The molecule has 4 N–H and O–H groups in total. The van der Waals surface area contributed by atoms with E-state index >= 15 is 0 Å². The van der Waals surface area contributed by atoms with E-state index in [0.29, 0.717) is 5.56 Å². The maximum atomic E-state index is 10.8. The van der Waals surface area contributed by atoms with Crippen LogP contribution in [0.5, 0.6) is 0 Å². The number of hydrogen-bond acceptors (Lipinski definition) is 4. The number of nitrogens with one attached hydrogen (secondary N) is 2. The number of rotatable bonds is 6. The highest BCUT2D eigenvalue weighted by Crippen LogP contribution is 2.17. The Balaban J connectivity index is 1.73. The summed E-state index contributed by atoms with van der Waals surface area (Å²) in [5.41, 5.74) is 5.55. The van der Waals surface area contributed by atoms with Crippen LogP contribution in [0.1, 0.15) is 23.2 Å². The SMILES string of the molecule is NC(=O)c1ccc(NCCNC2CC2)nc1. The van der Waals surface area contributed by atoms with E-state index in [1.54, 1.807) is 12.1 Å². The van der Waals surface area contributed by atoms with Gasteiger partial charge in [0.15, 0.2) is 0 Å². The number of carbonyl (C=O) groups is 1. The highest BCUT2D eigenvalue weighted by molar-refractivity contribution is 5.92. The molecule has 2 rings (SSSR count). The highest BCUT2D eigenvalue weighted by Gasteiger charge is 2.19.